The third-order valence-electron chi connectivity index (χ3n) is 3.69. The first-order chi connectivity index (χ1) is 10.3. The predicted octanol–water partition coefficient (Wildman–Crippen LogP) is 3.29. The molecule has 0 radical (unpaired) electrons. The molecule has 0 unspecified atom stereocenters. The van der Waals surface area contributed by atoms with E-state index in [1.807, 2.05) is 30.3 Å². The Morgan fingerprint density at radius 2 is 2.19 bits per heavy atom. The van der Waals surface area contributed by atoms with Crippen LogP contribution in [-0.2, 0) is 11.2 Å². The topological polar surface area (TPSA) is 47.0 Å². The maximum Gasteiger partial charge on any atom is 0.129 e. The van der Waals surface area contributed by atoms with Gasteiger partial charge in [0, 0.05) is 30.2 Å². The summed E-state index contributed by atoms with van der Waals surface area (Å²) in [6.07, 6.45) is 3.52. The number of hydrogen-bond acceptors (Lipinski definition) is 4. The van der Waals surface area contributed by atoms with Gasteiger partial charge in [-0.25, -0.2) is 9.97 Å². The third kappa shape index (κ3) is 3.71. The van der Waals surface area contributed by atoms with Gasteiger partial charge < -0.3 is 10.1 Å². The number of nitrogens with one attached hydrogen (secondary N) is 1. The molecule has 0 bridgehead atoms. The maximum atomic E-state index is 6.15. The van der Waals surface area contributed by atoms with E-state index in [0.717, 1.165) is 54.7 Å². The maximum absolute atomic E-state index is 6.15. The third-order valence-corrected chi connectivity index (χ3v) is 4.06. The minimum Gasteiger partial charge on any atom is -0.381 e. The first kappa shape index (κ1) is 14.3. The van der Waals surface area contributed by atoms with Gasteiger partial charge in [-0.3, -0.25) is 0 Å². The van der Waals surface area contributed by atoms with E-state index in [4.69, 9.17) is 16.3 Å². The molecule has 1 aliphatic rings. The monoisotopic (exact) mass is 303 g/mol. The summed E-state index contributed by atoms with van der Waals surface area (Å²) >= 11 is 6.15. The van der Waals surface area contributed by atoms with Crippen molar-refractivity contribution in [3.63, 3.8) is 0 Å². The first-order valence-electron chi connectivity index (χ1n) is 7.20. The van der Waals surface area contributed by atoms with Crippen LogP contribution in [0.3, 0.4) is 0 Å². The van der Waals surface area contributed by atoms with E-state index in [1.165, 1.54) is 0 Å². The summed E-state index contributed by atoms with van der Waals surface area (Å²) in [5, 5.41) is 4.14. The highest BCUT2D eigenvalue weighted by Gasteiger charge is 2.19. The zero-order valence-corrected chi connectivity index (χ0v) is 12.5. The highest BCUT2D eigenvalue weighted by molar-refractivity contribution is 6.31. The Bertz CT molecular complexity index is 600. The van der Waals surface area contributed by atoms with Crippen molar-refractivity contribution in [3.8, 4) is 0 Å². The Morgan fingerprint density at radius 3 is 3.00 bits per heavy atom. The second-order valence-electron chi connectivity index (χ2n) is 5.16. The van der Waals surface area contributed by atoms with Crippen LogP contribution < -0.4 is 5.32 Å². The molecule has 0 aliphatic carbocycles. The Kier molecular flexibility index (Phi) is 4.68. The average Bonchev–Trinajstić information content (AvgIpc) is 3.04. The predicted molar refractivity (Wildman–Crippen MR) is 83.9 cm³/mol. The van der Waals surface area contributed by atoms with Crippen molar-refractivity contribution in [3.05, 3.63) is 52.9 Å². The van der Waals surface area contributed by atoms with Crippen LogP contribution >= 0.6 is 11.6 Å². The molecule has 1 fully saturated rings. The van der Waals surface area contributed by atoms with Crippen LogP contribution in [-0.4, -0.2) is 29.7 Å². The summed E-state index contributed by atoms with van der Waals surface area (Å²) in [6.45, 7) is 2.38. The molecule has 1 aliphatic heterocycles. The Balaban J connectivity index is 1.58. The molecule has 1 atom stereocenters. The van der Waals surface area contributed by atoms with Crippen LogP contribution in [0.2, 0.25) is 5.02 Å². The minimum absolute atomic E-state index is 0.400. The van der Waals surface area contributed by atoms with Gasteiger partial charge in [-0.05, 0) is 24.5 Å². The van der Waals surface area contributed by atoms with E-state index in [2.05, 4.69) is 15.3 Å². The highest BCUT2D eigenvalue weighted by atomic mass is 35.5. The minimum atomic E-state index is 0.400. The van der Waals surface area contributed by atoms with E-state index in [-0.39, 0.29) is 0 Å². The summed E-state index contributed by atoms with van der Waals surface area (Å²) in [5.74, 6) is 1.26. The molecule has 1 aromatic carbocycles. The van der Waals surface area contributed by atoms with Crippen molar-refractivity contribution >= 4 is 17.4 Å². The molecule has 5 heteroatoms. The fraction of sp³-hybridized carbons (Fsp3) is 0.375. The van der Waals surface area contributed by atoms with E-state index < -0.39 is 0 Å². The first-order valence-corrected chi connectivity index (χ1v) is 7.57. The Morgan fingerprint density at radius 1 is 1.29 bits per heavy atom. The number of ether oxygens (including phenoxy) is 1. The van der Waals surface area contributed by atoms with Crippen molar-refractivity contribution in [2.75, 3.05) is 25.1 Å². The summed E-state index contributed by atoms with van der Waals surface area (Å²) in [5.41, 5.74) is 2.20. The lowest BCUT2D eigenvalue weighted by Crippen LogP contribution is -2.09. The molecule has 1 aromatic heterocycles. The number of aromatic nitrogens is 2. The quantitative estimate of drug-likeness (QED) is 0.921. The van der Waals surface area contributed by atoms with Gasteiger partial charge in [-0.1, -0.05) is 29.8 Å². The molecule has 4 nitrogen and oxygen atoms in total. The van der Waals surface area contributed by atoms with Crippen LogP contribution in [0.5, 0.6) is 0 Å². The molecular formula is C16H18ClN3O. The molecule has 1 saturated heterocycles. The summed E-state index contributed by atoms with van der Waals surface area (Å²) in [6, 6.07) is 9.93. The number of nitrogens with zero attached hydrogens (tertiary/aromatic N) is 2. The fourth-order valence-corrected chi connectivity index (χ4v) is 2.72. The molecule has 0 amide bonds. The van der Waals surface area contributed by atoms with Crippen LogP contribution in [0.1, 0.15) is 23.6 Å². The zero-order chi connectivity index (χ0) is 14.5. The Hall–Kier alpha value is -1.65. The zero-order valence-electron chi connectivity index (χ0n) is 11.8. The molecule has 110 valence electrons. The van der Waals surface area contributed by atoms with Gasteiger partial charge in [0.05, 0.1) is 12.3 Å². The lowest BCUT2D eigenvalue weighted by Gasteiger charge is -2.10. The lowest BCUT2D eigenvalue weighted by molar-refractivity contribution is 0.193. The molecule has 0 spiro atoms. The fourth-order valence-electron chi connectivity index (χ4n) is 2.49. The number of anilines is 1. The van der Waals surface area contributed by atoms with E-state index in [9.17, 15) is 0 Å². The summed E-state index contributed by atoms with van der Waals surface area (Å²) in [4.78, 5) is 8.62. The van der Waals surface area contributed by atoms with Crippen LogP contribution in [0.25, 0.3) is 0 Å². The lowest BCUT2D eigenvalue weighted by atomic mass is 10.1. The van der Waals surface area contributed by atoms with Crippen molar-refractivity contribution in [1.82, 2.24) is 9.97 Å². The van der Waals surface area contributed by atoms with Crippen molar-refractivity contribution in [1.29, 1.82) is 0 Å². The van der Waals surface area contributed by atoms with E-state index in [0.29, 0.717) is 5.92 Å². The normalized spacial score (nSPS) is 17.9. The van der Waals surface area contributed by atoms with Gasteiger partial charge in [-0.15, -0.1) is 0 Å². The van der Waals surface area contributed by atoms with Crippen LogP contribution in [0.4, 0.5) is 5.82 Å². The molecule has 2 heterocycles. The number of halogens is 1. The molecular weight excluding hydrogens is 286 g/mol. The van der Waals surface area contributed by atoms with Crippen molar-refractivity contribution < 1.29 is 4.74 Å². The van der Waals surface area contributed by atoms with Gasteiger partial charge >= 0.3 is 0 Å². The number of rotatable bonds is 5. The van der Waals surface area contributed by atoms with Crippen LogP contribution in [0, 0.1) is 0 Å². The van der Waals surface area contributed by atoms with Gasteiger partial charge in [0.2, 0.25) is 0 Å². The van der Waals surface area contributed by atoms with Crippen molar-refractivity contribution in [2.24, 2.45) is 0 Å². The SMILES string of the molecule is Clc1ccccc1CCNc1cc([C@@H]2CCOC2)ncn1. The number of hydrogen-bond donors (Lipinski definition) is 1. The molecule has 0 saturated carbocycles. The Labute approximate surface area is 129 Å². The number of benzene rings is 1. The van der Waals surface area contributed by atoms with Gasteiger partial charge in [0.15, 0.2) is 0 Å². The summed E-state index contributed by atoms with van der Waals surface area (Å²) in [7, 11) is 0. The van der Waals surface area contributed by atoms with Crippen LogP contribution in [0.15, 0.2) is 36.7 Å². The highest BCUT2D eigenvalue weighted by Crippen LogP contribution is 2.24. The van der Waals surface area contributed by atoms with Gasteiger partial charge in [0.25, 0.3) is 0 Å². The van der Waals surface area contributed by atoms with E-state index in [1.54, 1.807) is 6.33 Å². The second kappa shape index (κ2) is 6.87. The second-order valence-corrected chi connectivity index (χ2v) is 5.56. The molecule has 21 heavy (non-hydrogen) atoms. The summed E-state index contributed by atoms with van der Waals surface area (Å²) < 4.78 is 5.41. The largest absolute Gasteiger partial charge is 0.381 e. The molecule has 1 N–H and O–H groups in total. The van der Waals surface area contributed by atoms with Gasteiger partial charge in [-0.2, -0.15) is 0 Å². The molecule has 2 aromatic rings. The smallest absolute Gasteiger partial charge is 0.129 e. The average molecular weight is 304 g/mol. The van der Waals surface area contributed by atoms with Gasteiger partial charge in [0.1, 0.15) is 12.1 Å². The molecule has 3 rings (SSSR count). The van der Waals surface area contributed by atoms with Crippen molar-refractivity contribution in [2.45, 2.75) is 18.8 Å². The van der Waals surface area contributed by atoms with E-state index >= 15 is 0 Å². The standard InChI is InChI=1S/C16H18ClN3O/c17-14-4-2-1-3-12(14)5-7-18-16-9-15(19-11-20-16)13-6-8-21-10-13/h1-4,9,11,13H,5-8,10H2,(H,18,19,20)/t13-/m1/s1.